The van der Waals surface area contributed by atoms with Crippen molar-refractivity contribution in [2.75, 3.05) is 13.2 Å². The zero-order valence-electron chi connectivity index (χ0n) is 20.7. The minimum atomic E-state index is -0.450. The van der Waals surface area contributed by atoms with Crippen LogP contribution in [-0.2, 0) is 11.2 Å². The van der Waals surface area contributed by atoms with Gasteiger partial charge in [0.05, 0.1) is 19.1 Å². The van der Waals surface area contributed by atoms with Gasteiger partial charge >= 0.3 is 0 Å². The number of para-hydroxylation sites is 1. The summed E-state index contributed by atoms with van der Waals surface area (Å²) < 4.78 is 6.59. The molecule has 0 radical (unpaired) electrons. The van der Waals surface area contributed by atoms with Crippen LogP contribution >= 0.6 is 34.4 Å². The van der Waals surface area contributed by atoms with E-state index in [4.69, 9.17) is 9.73 Å². The lowest BCUT2D eigenvalue weighted by Crippen LogP contribution is -2.31. The Morgan fingerprint density at radius 2 is 1.95 bits per heavy atom. The van der Waals surface area contributed by atoms with E-state index in [2.05, 4.69) is 40.2 Å². The highest BCUT2D eigenvalue weighted by atomic mass is 127. The molecule has 0 saturated carbocycles. The molecular weight excluding hydrogens is 627 g/mol. The molecule has 1 saturated heterocycles. The van der Waals surface area contributed by atoms with E-state index < -0.39 is 4.92 Å². The molecule has 0 spiro atoms. The largest absolute Gasteiger partial charge is 0.488 e. The Morgan fingerprint density at radius 1 is 1.15 bits per heavy atom. The fourth-order valence-corrected chi connectivity index (χ4v) is 5.86. The Morgan fingerprint density at radius 3 is 2.69 bits per heavy atom. The van der Waals surface area contributed by atoms with Gasteiger partial charge in [0.15, 0.2) is 5.17 Å². The topological polar surface area (TPSA) is 101 Å². The molecule has 10 heteroatoms. The number of nitro benzene ring substituents is 1. The molecule has 4 aromatic rings. The molecule has 1 amide bonds. The Kier molecular flexibility index (Phi) is 8.13. The Balaban J connectivity index is 1.44. The van der Waals surface area contributed by atoms with Crippen LogP contribution in [0.15, 0.2) is 95.5 Å². The van der Waals surface area contributed by atoms with E-state index >= 15 is 0 Å². The molecule has 8 nitrogen and oxygen atoms in total. The lowest BCUT2D eigenvalue weighted by molar-refractivity contribution is -0.384. The Bertz CT molecular complexity index is 1630. The molecular formula is C29H23IN4O4S. The van der Waals surface area contributed by atoms with Crippen molar-refractivity contribution < 1.29 is 14.5 Å². The maximum Gasteiger partial charge on any atom is 0.269 e. The number of H-pyrrole nitrogens is 1. The zero-order chi connectivity index (χ0) is 27.4. The van der Waals surface area contributed by atoms with E-state index in [-0.39, 0.29) is 11.6 Å². The maximum atomic E-state index is 13.6. The summed E-state index contributed by atoms with van der Waals surface area (Å²) in [4.78, 5) is 34.4. The number of amidine groups is 1. The van der Waals surface area contributed by atoms with Crippen LogP contribution < -0.4 is 4.74 Å². The number of benzene rings is 3. The predicted molar refractivity (Wildman–Crippen MR) is 164 cm³/mol. The van der Waals surface area contributed by atoms with Crippen LogP contribution in [0.1, 0.15) is 11.1 Å². The van der Waals surface area contributed by atoms with E-state index in [9.17, 15) is 14.9 Å². The van der Waals surface area contributed by atoms with Gasteiger partial charge in [0.2, 0.25) is 0 Å². The fourth-order valence-electron chi connectivity index (χ4n) is 4.14. The number of aromatic nitrogens is 1. The highest BCUT2D eigenvalue weighted by Crippen LogP contribution is 2.35. The number of thioether (sulfide) groups is 1. The number of hydrogen-bond acceptors (Lipinski definition) is 6. The Labute approximate surface area is 242 Å². The van der Waals surface area contributed by atoms with Crippen molar-refractivity contribution in [2.24, 2.45) is 4.99 Å². The van der Waals surface area contributed by atoms with Crippen molar-refractivity contribution in [1.29, 1.82) is 0 Å². The van der Waals surface area contributed by atoms with Crippen LogP contribution in [0, 0.1) is 13.7 Å². The smallest absolute Gasteiger partial charge is 0.269 e. The first-order valence-electron chi connectivity index (χ1n) is 12.1. The van der Waals surface area contributed by atoms with Gasteiger partial charge in [0.1, 0.15) is 12.4 Å². The number of amides is 1. The van der Waals surface area contributed by atoms with E-state index in [1.165, 1.54) is 23.9 Å². The van der Waals surface area contributed by atoms with Gasteiger partial charge in [-0.05, 0) is 88.3 Å². The van der Waals surface area contributed by atoms with Gasteiger partial charge in [0, 0.05) is 35.8 Å². The lowest BCUT2D eigenvalue weighted by Gasteiger charge is -2.15. The van der Waals surface area contributed by atoms with E-state index in [1.807, 2.05) is 48.7 Å². The third-order valence-electron chi connectivity index (χ3n) is 6.06. The van der Waals surface area contributed by atoms with E-state index in [1.54, 1.807) is 23.1 Å². The second-order valence-corrected chi connectivity index (χ2v) is 10.8. The van der Waals surface area contributed by atoms with Crippen LogP contribution in [0.5, 0.6) is 5.75 Å². The normalized spacial score (nSPS) is 15.4. The minimum absolute atomic E-state index is 0.0130. The number of aromatic amines is 1. The summed E-state index contributed by atoms with van der Waals surface area (Å²) in [7, 11) is 0. The fraction of sp³-hybridized carbons (Fsp3) is 0.103. The summed E-state index contributed by atoms with van der Waals surface area (Å²) in [6.45, 7) is 4.53. The minimum Gasteiger partial charge on any atom is -0.488 e. The number of carbonyl (C=O) groups is 1. The molecule has 2 heterocycles. The number of non-ortho nitro benzene ring substituents is 1. The number of hydrogen-bond donors (Lipinski definition) is 1. The first-order valence-corrected chi connectivity index (χ1v) is 14.0. The molecule has 0 unspecified atom stereocenters. The van der Waals surface area contributed by atoms with E-state index in [0.29, 0.717) is 35.3 Å². The number of ether oxygens (including phenoxy) is 1. The van der Waals surface area contributed by atoms with E-state index in [0.717, 1.165) is 31.3 Å². The van der Waals surface area contributed by atoms with Crippen LogP contribution in [0.4, 0.5) is 11.4 Å². The SMILES string of the molecule is C=CCOc1ccc(/C=C2\SC(=Nc3ccc([N+](=O)[O-])cc3)N(CCc3c[nH]c4ccccc34)C2=O)cc1I. The average Bonchev–Trinajstić information content (AvgIpc) is 3.47. The second-order valence-electron chi connectivity index (χ2n) is 8.63. The third kappa shape index (κ3) is 6.07. The number of carbonyl (C=O) groups excluding carboxylic acids is 1. The molecule has 0 aliphatic carbocycles. The number of nitrogens with zero attached hydrogens (tertiary/aromatic N) is 3. The third-order valence-corrected chi connectivity index (χ3v) is 7.91. The summed E-state index contributed by atoms with van der Waals surface area (Å²) in [5.74, 6) is 0.617. The molecule has 3 aromatic carbocycles. The molecule has 196 valence electrons. The van der Waals surface area contributed by atoms with Crippen molar-refractivity contribution in [2.45, 2.75) is 6.42 Å². The summed E-state index contributed by atoms with van der Waals surface area (Å²) in [6, 6.07) is 19.8. The summed E-state index contributed by atoms with van der Waals surface area (Å²) >= 11 is 3.50. The van der Waals surface area contributed by atoms with Crippen molar-refractivity contribution in [3.63, 3.8) is 0 Å². The van der Waals surface area contributed by atoms with Crippen molar-refractivity contribution in [3.8, 4) is 5.75 Å². The quantitative estimate of drug-likeness (QED) is 0.0686. The van der Waals surface area contributed by atoms with Crippen LogP contribution in [0.25, 0.3) is 17.0 Å². The summed E-state index contributed by atoms with van der Waals surface area (Å²) in [6.07, 6.45) is 6.15. The van der Waals surface area contributed by atoms with Crippen molar-refractivity contribution in [3.05, 3.63) is 115 Å². The van der Waals surface area contributed by atoms with Crippen molar-refractivity contribution >= 4 is 73.8 Å². The number of halogens is 1. The van der Waals surface area contributed by atoms with Gasteiger partial charge in [-0.2, -0.15) is 0 Å². The maximum absolute atomic E-state index is 13.6. The van der Waals surface area contributed by atoms with Crippen LogP contribution in [0.2, 0.25) is 0 Å². The molecule has 0 atom stereocenters. The molecule has 1 aromatic heterocycles. The number of fused-ring (bicyclic) bond motifs is 1. The molecule has 1 N–H and O–H groups in total. The number of nitro groups is 1. The molecule has 39 heavy (non-hydrogen) atoms. The highest BCUT2D eigenvalue weighted by molar-refractivity contribution is 14.1. The number of nitrogens with one attached hydrogen (secondary N) is 1. The first kappa shape index (κ1) is 26.7. The number of rotatable bonds is 9. The van der Waals surface area contributed by atoms with Gasteiger partial charge < -0.3 is 9.72 Å². The van der Waals surface area contributed by atoms with Gasteiger partial charge in [-0.15, -0.1) is 0 Å². The molecule has 1 aliphatic rings. The summed E-state index contributed by atoms with van der Waals surface area (Å²) in [5.41, 5.74) is 3.55. The van der Waals surface area contributed by atoms with Crippen LogP contribution in [0.3, 0.4) is 0 Å². The van der Waals surface area contributed by atoms with Crippen LogP contribution in [-0.4, -0.2) is 39.0 Å². The average molecular weight is 650 g/mol. The molecule has 5 rings (SSSR count). The van der Waals surface area contributed by atoms with Crippen molar-refractivity contribution in [1.82, 2.24) is 9.88 Å². The molecule has 1 aliphatic heterocycles. The highest BCUT2D eigenvalue weighted by Gasteiger charge is 2.33. The van der Waals surface area contributed by atoms with Gasteiger partial charge in [-0.1, -0.05) is 36.9 Å². The lowest BCUT2D eigenvalue weighted by atomic mass is 10.1. The zero-order valence-corrected chi connectivity index (χ0v) is 23.6. The summed E-state index contributed by atoms with van der Waals surface area (Å²) in [5, 5.41) is 12.7. The predicted octanol–water partition coefficient (Wildman–Crippen LogP) is 7.09. The van der Waals surface area contributed by atoms with Gasteiger partial charge in [-0.3, -0.25) is 19.8 Å². The van der Waals surface area contributed by atoms with Gasteiger partial charge in [-0.25, -0.2) is 4.99 Å². The standard InChI is InChI=1S/C29H23IN4O4S/c1-2-15-38-26-12-7-19(16-24(26)30)17-27-28(35)33(14-13-20-18-31-25-6-4-3-5-23(20)25)29(39-27)32-21-8-10-22(11-9-21)34(36)37/h2-12,16-18,31H,1,13-15H2/b27-17-,32-29?. The monoisotopic (exact) mass is 650 g/mol. The Hall–Kier alpha value is -3.90. The molecule has 0 bridgehead atoms. The second kappa shape index (κ2) is 11.9. The molecule has 1 fully saturated rings. The number of aliphatic imine (C=N–C) groups is 1. The van der Waals surface area contributed by atoms with Gasteiger partial charge in [0.25, 0.3) is 11.6 Å². The first-order chi connectivity index (χ1) is 18.9.